The van der Waals surface area contributed by atoms with Gasteiger partial charge in [-0.1, -0.05) is 61.3 Å². The van der Waals surface area contributed by atoms with E-state index in [1.165, 1.54) is 6.92 Å². The second-order valence-corrected chi connectivity index (χ2v) is 13.7. The fraction of sp³-hybridized carbons (Fsp3) is 0.794. The highest BCUT2D eigenvalue weighted by atomic mass is 16.4. The number of carboxylic acid groups (broad SMARTS) is 2. The number of hydrogen-bond donors (Lipinski definition) is 9. The molecule has 0 saturated heterocycles. The SMILES string of the molecule is CC(N)CCC(=O)O.CCCC(NC(=O)C(NC=O)[C@H](C)CC)C(=O)N[C@H](CNC(C)C(=O)N[C@H](C(=O)NC(C)C(=O)O)C(C)C)CC(C)C. The molecule has 5 unspecified atom stereocenters. The van der Waals surface area contributed by atoms with E-state index in [0.717, 1.165) is 0 Å². The second kappa shape index (κ2) is 26.1. The van der Waals surface area contributed by atoms with E-state index in [2.05, 4.69) is 31.9 Å². The van der Waals surface area contributed by atoms with Gasteiger partial charge in [-0.15, -0.1) is 0 Å². The van der Waals surface area contributed by atoms with Gasteiger partial charge in [-0.3, -0.25) is 33.6 Å². The van der Waals surface area contributed by atoms with Crippen molar-refractivity contribution in [3.63, 3.8) is 0 Å². The van der Waals surface area contributed by atoms with Crippen molar-refractivity contribution in [2.75, 3.05) is 6.54 Å². The van der Waals surface area contributed by atoms with Crippen LogP contribution in [0.4, 0.5) is 0 Å². The fourth-order valence-corrected chi connectivity index (χ4v) is 4.63. The number of rotatable bonds is 24. The first-order valence-corrected chi connectivity index (χ1v) is 17.6. The monoisotopic (exact) mass is 715 g/mol. The van der Waals surface area contributed by atoms with Crippen LogP contribution in [0.5, 0.6) is 0 Å². The molecule has 0 fully saturated rings. The highest BCUT2D eigenvalue weighted by Crippen LogP contribution is 2.10. The summed E-state index contributed by atoms with van der Waals surface area (Å²) in [5.41, 5.74) is 5.28. The quantitative estimate of drug-likeness (QED) is 0.0634. The van der Waals surface area contributed by atoms with Gasteiger partial charge in [0.05, 0.1) is 6.04 Å². The molecule has 8 atom stereocenters. The Bertz CT molecular complexity index is 1070. The Morgan fingerprint density at radius 3 is 1.72 bits per heavy atom. The maximum absolute atomic E-state index is 13.3. The molecule has 0 rings (SSSR count). The van der Waals surface area contributed by atoms with Crippen LogP contribution in [0.15, 0.2) is 0 Å². The molecule has 0 aliphatic carbocycles. The predicted molar refractivity (Wildman–Crippen MR) is 191 cm³/mol. The molecule has 5 amide bonds. The van der Waals surface area contributed by atoms with E-state index in [9.17, 15) is 33.6 Å². The first-order valence-electron chi connectivity index (χ1n) is 17.6. The minimum Gasteiger partial charge on any atom is -0.481 e. The molecule has 10 N–H and O–H groups in total. The zero-order valence-corrected chi connectivity index (χ0v) is 31.6. The summed E-state index contributed by atoms with van der Waals surface area (Å²) in [4.78, 5) is 83.7. The molecule has 290 valence electrons. The van der Waals surface area contributed by atoms with Crippen molar-refractivity contribution in [2.45, 2.75) is 150 Å². The number of carbonyl (C=O) groups is 7. The van der Waals surface area contributed by atoms with Crippen LogP contribution < -0.4 is 37.6 Å². The lowest BCUT2D eigenvalue weighted by Gasteiger charge is -2.28. The Morgan fingerprint density at radius 1 is 0.720 bits per heavy atom. The van der Waals surface area contributed by atoms with Crippen LogP contribution in [0.3, 0.4) is 0 Å². The third-order valence-electron chi connectivity index (χ3n) is 7.91. The highest BCUT2D eigenvalue weighted by molar-refractivity contribution is 5.92. The van der Waals surface area contributed by atoms with Gasteiger partial charge >= 0.3 is 11.9 Å². The summed E-state index contributed by atoms with van der Waals surface area (Å²) in [6.45, 7) is 18.2. The predicted octanol–water partition coefficient (Wildman–Crippen LogP) is 0.870. The van der Waals surface area contributed by atoms with Gasteiger partial charge in [-0.25, -0.2) is 0 Å². The average molecular weight is 716 g/mol. The number of carbonyl (C=O) groups excluding carboxylic acids is 5. The summed E-state index contributed by atoms with van der Waals surface area (Å²) in [6, 6.07) is -4.66. The number of carboxylic acids is 2. The molecule has 16 heteroatoms. The number of aliphatic carboxylic acids is 2. The first kappa shape index (κ1) is 48.3. The van der Waals surface area contributed by atoms with E-state index in [1.807, 2.05) is 34.6 Å². The Balaban J connectivity index is 0. The van der Waals surface area contributed by atoms with Crippen molar-refractivity contribution in [1.29, 1.82) is 0 Å². The largest absolute Gasteiger partial charge is 0.481 e. The lowest BCUT2D eigenvalue weighted by Crippen LogP contribution is -2.58. The zero-order chi connectivity index (χ0) is 39.1. The van der Waals surface area contributed by atoms with Crippen LogP contribution in [0.1, 0.15) is 108 Å². The summed E-state index contributed by atoms with van der Waals surface area (Å²) in [7, 11) is 0. The normalized spacial score (nSPS) is 15.8. The smallest absolute Gasteiger partial charge is 0.325 e. The molecule has 0 aromatic carbocycles. The molecule has 0 radical (unpaired) electrons. The van der Waals surface area contributed by atoms with Crippen molar-refractivity contribution in [1.82, 2.24) is 31.9 Å². The number of amides is 5. The van der Waals surface area contributed by atoms with E-state index >= 15 is 0 Å². The van der Waals surface area contributed by atoms with Crippen LogP contribution >= 0.6 is 0 Å². The standard InChI is InChI=1S/C29H54N6O7.C5H11NO2/c1-10-12-22(34-28(40)24(31-15-36)18(7)11-2)26(38)33-21(13-16(3)4)14-30-19(8)25(37)35-23(17(5)6)27(39)32-20(9)29(41)42;1-4(6)2-3-5(7)8/h15-24,30H,10-14H2,1-9H3,(H,31,36)(H,32,39)(H,33,38)(H,34,40)(H,35,37)(H,41,42);4H,2-3,6H2,1H3,(H,7,8)/t18-,19?,20?,21+,22?,23+,24?;/m1./s1. The van der Waals surface area contributed by atoms with E-state index < -0.39 is 59.9 Å². The number of nitrogens with one attached hydrogen (secondary N) is 6. The fourth-order valence-electron chi connectivity index (χ4n) is 4.63. The summed E-state index contributed by atoms with van der Waals surface area (Å²) >= 11 is 0. The molecular formula is C34H65N7O9. The highest BCUT2D eigenvalue weighted by Gasteiger charge is 2.31. The van der Waals surface area contributed by atoms with E-state index in [0.29, 0.717) is 38.5 Å². The minimum atomic E-state index is -1.18. The molecule has 0 aliphatic heterocycles. The molecule has 0 aromatic heterocycles. The third kappa shape index (κ3) is 21.3. The number of hydrogen-bond acceptors (Lipinski definition) is 9. The van der Waals surface area contributed by atoms with Gasteiger partial charge in [0.1, 0.15) is 24.2 Å². The molecular weight excluding hydrogens is 650 g/mol. The van der Waals surface area contributed by atoms with Crippen molar-refractivity contribution < 1.29 is 43.8 Å². The van der Waals surface area contributed by atoms with Gasteiger partial charge < -0.3 is 47.8 Å². The minimum absolute atomic E-state index is 0.00565. The van der Waals surface area contributed by atoms with Gasteiger partial charge in [0.15, 0.2) is 0 Å². The third-order valence-corrected chi connectivity index (χ3v) is 7.91. The summed E-state index contributed by atoms with van der Waals surface area (Å²) in [5.74, 6) is -3.96. The molecule has 0 heterocycles. The molecule has 16 nitrogen and oxygen atoms in total. The zero-order valence-electron chi connectivity index (χ0n) is 31.6. The Hall–Kier alpha value is -3.79. The maximum atomic E-state index is 13.3. The lowest BCUT2D eigenvalue weighted by atomic mass is 9.97. The summed E-state index contributed by atoms with van der Waals surface area (Å²) in [6.07, 6.45) is 3.55. The van der Waals surface area contributed by atoms with Gasteiger partial charge in [0.2, 0.25) is 30.0 Å². The van der Waals surface area contributed by atoms with Crippen LogP contribution in [0.2, 0.25) is 0 Å². The molecule has 0 saturated carbocycles. The van der Waals surface area contributed by atoms with Crippen molar-refractivity contribution in [3.8, 4) is 0 Å². The van der Waals surface area contributed by atoms with Gasteiger partial charge in [-0.05, 0) is 57.8 Å². The Morgan fingerprint density at radius 2 is 1.30 bits per heavy atom. The summed E-state index contributed by atoms with van der Waals surface area (Å²) < 4.78 is 0. The molecule has 0 bridgehead atoms. The number of nitrogens with two attached hydrogens (primary N) is 1. The molecule has 50 heavy (non-hydrogen) atoms. The Kier molecular flexibility index (Phi) is 25.2. The Labute approximate surface area is 297 Å². The van der Waals surface area contributed by atoms with E-state index in [1.54, 1.807) is 27.7 Å². The maximum Gasteiger partial charge on any atom is 0.325 e. The van der Waals surface area contributed by atoms with Crippen LogP contribution in [-0.4, -0.2) is 101 Å². The molecule has 0 spiro atoms. The van der Waals surface area contributed by atoms with Crippen LogP contribution in [0, 0.1) is 17.8 Å². The van der Waals surface area contributed by atoms with Gasteiger partial charge in [0, 0.05) is 25.0 Å². The van der Waals surface area contributed by atoms with Gasteiger partial charge in [-0.2, -0.15) is 0 Å². The molecule has 0 aromatic rings. The van der Waals surface area contributed by atoms with E-state index in [-0.39, 0.29) is 48.7 Å². The van der Waals surface area contributed by atoms with Crippen LogP contribution in [0.25, 0.3) is 0 Å². The van der Waals surface area contributed by atoms with E-state index in [4.69, 9.17) is 15.9 Å². The summed E-state index contributed by atoms with van der Waals surface area (Å²) in [5, 5.41) is 33.7. The van der Waals surface area contributed by atoms with Crippen LogP contribution in [-0.2, 0) is 33.6 Å². The van der Waals surface area contributed by atoms with Gasteiger partial charge in [0.25, 0.3) is 0 Å². The first-order chi connectivity index (χ1) is 23.2. The lowest BCUT2D eigenvalue weighted by molar-refractivity contribution is -0.142. The second-order valence-electron chi connectivity index (χ2n) is 13.7. The molecule has 0 aliphatic rings. The van der Waals surface area contributed by atoms with Crippen molar-refractivity contribution in [3.05, 3.63) is 0 Å². The topological polar surface area (TPSA) is 258 Å². The average Bonchev–Trinajstić information content (AvgIpc) is 3.02. The van der Waals surface area contributed by atoms with Crippen molar-refractivity contribution >= 4 is 42.0 Å². The van der Waals surface area contributed by atoms with Crippen molar-refractivity contribution in [2.24, 2.45) is 23.5 Å².